The quantitative estimate of drug-likeness (QED) is 0.305. The first kappa shape index (κ1) is 24.1. The summed E-state index contributed by atoms with van der Waals surface area (Å²) in [5.74, 6) is 0.136. The number of ether oxygens (including phenoxy) is 2. The predicted octanol–water partition coefficient (Wildman–Crippen LogP) is 5.70. The second kappa shape index (κ2) is 9.90. The molecule has 1 aromatic carbocycles. The van der Waals surface area contributed by atoms with Crippen molar-refractivity contribution in [3.05, 3.63) is 58.5 Å². The third-order valence-electron chi connectivity index (χ3n) is 6.74. The van der Waals surface area contributed by atoms with Crippen LogP contribution < -0.4 is 4.74 Å². The van der Waals surface area contributed by atoms with Gasteiger partial charge < -0.3 is 9.47 Å². The van der Waals surface area contributed by atoms with Gasteiger partial charge in [0.2, 0.25) is 5.88 Å². The van der Waals surface area contributed by atoms with Crippen molar-refractivity contribution in [2.45, 2.75) is 50.7 Å². The molecule has 1 saturated carbocycles. The Morgan fingerprint density at radius 3 is 2.81 bits per heavy atom. The fraction of sp³-hybridized carbons (Fsp3) is 0.423. The van der Waals surface area contributed by atoms with E-state index in [4.69, 9.17) is 31.0 Å². The van der Waals surface area contributed by atoms with E-state index in [1.807, 2.05) is 10.9 Å². The maximum absolute atomic E-state index is 15.1. The van der Waals surface area contributed by atoms with Gasteiger partial charge in [-0.15, -0.1) is 0 Å². The summed E-state index contributed by atoms with van der Waals surface area (Å²) >= 11 is 6.00. The van der Waals surface area contributed by atoms with E-state index in [1.54, 1.807) is 19.1 Å². The van der Waals surface area contributed by atoms with Crippen molar-refractivity contribution >= 4 is 22.8 Å². The maximum Gasteiger partial charge on any atom is 0.236 e. The average molecular weight is 527 g/mol. The lowest BCUT2D eigenvalue weighted by Gasteiger charge is -2.28. The van der Waals surface area contributed by atoms with Crippen molar-refractivity contribution < 1.29 is 18.3 Å². The van der Waals surface area contributed by atoms with Crippen molar-refractivity contribution in [1.29, 1.82) is 0 Å². The van der Waals surface area contributed by atoms with E-state index < -0.39 is 12.5 Å². The van der Waals surface area contributed by atoms with E-state index in [0.717, 1.165) is 18.4 Å². The van der Waals surface area contributed by atoms with Crippen LogP contribution in [0.25, 0.3) is 22.4 Å². The molecule has 3 aromatic heterocycles. The van der Waals surface area contributed by atoms with Gasteiger partial charge >= 0.3 is 0 Å². The first-order chi connectivity index (χ1) is 18.0. The Morgan fingerprint density at radius 2 is 2.03 bits per heavy atom. The zero-order valence-corrected chi connectivity index (χ0v) is 21.0. The van der Waals surface area contributed by atoms with Crippen LogP contribution in [0.15, 0.2) is 30.6 Å². The van der Waals surface area contributed by atoms with E-state index in [2.05, 4.69) is 21.3 Å². The number of hydrogen-bond acceptors (Lipinski definition) is 7. The Hall–Kier alpha value is -3.24. The molecule has 192 valence electrons. The number of benzene rings is 1. The minimum Gasteiger partial charge on any atom is -0.474 e. The first-order valence-electron chi connectivity index (χ1n) is 12.4. The van der Waals surface area contributed by atoms with Crippen LogP contribution in [0.4, 0.5) is 8.78 Å². The number of fused-ring (bicyclic) bond motifs is 1. The summed E-state index contributed by atoms with van der Waals surface area (Å²) < 4.78 is 41.3. The molecule has 0 N–H and O–H groups in total. The molecular weight excluding hydrogens is 502 g/mol. The number of rotatable bonds is 7. The topological polar surface area (TPSA) is 87.8 Å². The van der Waals surface area contributed by atoms with Gasteiger partial charge in [-0.1, -0.05) is 11.6 Å². The first-order valence-corrected chi connectivity index (χ1v) is 12.7. The molecular formula is C26H25ClF2N6O2. The van der Waals surface area contributed by atoms with Gasteiger partial charge in [-0.2, -0.15) is 5.10 Å². The Kier molecular flexibility index (Phi) is 6.46. The second-order valence-corrected chi connectivity index (χ2v) is 9.88. The Bertz CT molecular complexity index is 1460. The smallest absolute Gasteiger partial charge is 0.236 e. The summed E-state index contributed by atoms with van der Waals surface area (Å²) in [7, 11) is 0. The van der Waals surface area contributed by atoms with Crippen molar-refractivity contribution in [3.63, 3.8) is 0 Å². The number of aryl methyl sites for hydroxylation is 1. The third-order valence-corrected chi connectivity index (χ3v) is 6.98. The lowest BCUT2D eigenvalue weighted by atomic mass is 9.92. The van der Waals surface area contributed by atoms with Gasteiger partial charge in [-0.25, -0.2) is 28.7 Å². The van der Waals surface area contributed by atoms with E-state index in [9.17, 15) is 4.39 Å². The molecule has 2 aliphatic rings. The standard InChI is InChI=1S/C26H25ClF2N6O2/c1-14-26(37-9-7-28)33-23-22(19-5-2-17(27)11-20(19)29)32-24(34-25(23)31-14)15-6-8-36-21(10-15)16-12-30-35(13-16)18-3-4-18/h2,5,11-13,15,18,21H,3-4,6-10H2,1H3/t15?,21-/m1/s1. The van der Waals surface area contributed by atoms with Crippen LogP contribution in [0, 0.1) is 12.7 Å². The molecule has 11 heteroatoms. The zero-order valence-electron chi connectivity index (χ0n) is 20.2. The molecule has 1 aliphatic heterocycles. The number of alkyl halides is 1. The van der Waals surface area contributed by atoms with Crippen LogP contribution in [-0.2, 0) is 4.74 Å². The van der Waals surface area contributed by atoms with Gasteiger partial charge in [0.15, 0.2) is 5.65 Å². The van der Waals surface area contributed by atoms with Crippen molar-refractivity contribution in [3.8, 4) is 17.1 Å². The van der Waals surface area contributed by atoms with Gasteiger partial charge in [0.05, 0.1) is 18.3 Å². The summed E-state index contributed by atoms with van der Waals surface area (Å²) in [5.41, 5.74) is 2.61. The Morgan fingerprint density at radius 1 is 1.16 bits per heavy atom. The molecule has 0 amide bonds. The number of hydrogen-bond donors (Lipinski definition) is 0. The fourth-order valence-electron chi connectivity index (χ4n) is 4.68. The van der Waals surface area contributed by atoms with Crippen molar-refractivity contribution in [1.82, 2.24) is 29.7 Å². The van der Waals surface area contributed by atoms with Crippen LogP contribution in [0.2, 0.25) is 5.02 Å². The second-order valence-electron chi connectivity index (χ2n) is 9.44. The maximum atomic E-state index is 15.1. The van der Waals surface area contributed by atoms with Crippen LogP contribution >= 0.6 is 11.6 Å². The predicted molar refractivity (Wildman–Crippen MR) is 133 cm³/mol. The molecule has 0 bridgehead atoms. The van der Waals surface area contributed by atoms with Gasteiger partial charge in [0.25, 0.3) is 0 Å². The van der Waals surface area contributed by atoms with Gasteiger partial charge in [-0.3, -0.25) is 4.68 Å². The molecule has 6 rings (SSSR count). The highest BCUT2D eigenvalue weighted by Crippen LogP contribution is 2.40. The summed E-state index contributed by atoms with van der Waals surface area (Å²) in [6.45, 7) is 1.42. The number of halogens is 3. The minimum absolute atomic E-state index is 0.0360. The molecule has 2 fully saturated rings. The molecule has 2 atom stereocenters. The minimum atomic E-state index is -0.669. The van der Waals surface area contributed by atoms with Crippen LogP contribution in [0.5, 0.6) is 5.88 Å². The highest BCUT2D eigenvalue weighted by atomic mass is 35.5. The van der Waals surface area contributed by atoms with Gasteiger partial charge in [0, 0.05) is 34.9 Å². The van der Waals surface area contributed by atoms with Crippen LogP contribution in [0.3, 0.4) is 0 Å². The largest absolute Gasteiger partial charge is 0.474 e. The lowest BCUT2D eigenvalue weighted by molar-refractivity contribution is 0.00396. The molecule has 1 unspecified atom stereocenters. The lowest BCUT2D eigenvalue weighted by Crippen LogP contribution is -2.20. The molecule has 4 heterocycles. The molecule has 1 saturated heterocycles. The van der Waals surface area contributed by atoms with Gasteiger partial charge in [0.1, 0.15) is 41.8 Å². The van der Waals surface area contributed by atoms with Crippen molar-refractivity contribution in [2.24, 2.45) is 0 Å². The molecule has 37 heavy (non-hydrogen) atoms. The van der Waals surface area contributed by atoms with E-state index in [1.165, 1.54) is 6.07 Å². The monoisotopic (exact) mass is 526 g/mol. The molecule has 0 radical (unpaired) electrons. The summed E-state index contributed by atoms with van der Waals surface area (Å²) in [4.78, 5) is 18.6. The number of aromatic nitrogens is 6. The zero-order chi connectivity index (χ0) is 25.5. The Balaban J connectivity index is 1.41. The fourth-order valence-corrected chi connectivity index (χ4v) is 4.83. The molecule has 8 nitrogen and oxygen atoms in total. The van der Waals surface area contributed by atoms with E-state index >= 15 is 4.39 Å². The molecule has 4 aromatic rings. The average Bonchev–Trinajstić information content (AvgIpc) is 3.63. The Labute approximate surface area is 217 Å². The summed E-state index contributed by atoms with van der Waals surface area (Å²) in [5, 5.41) is 4.77. The number of nitrogens with zero attached hydrogens (tertiary/aromatic N) is 6. The van der Waals surface area contributed by atoms with E-state index in [0.29, 0.717) is 42.7 Å². The normalized spacial score (nSPS) is 19.9. The third kappa shape index (κ3) is 4.87. The van der Waals surface area contributed by atoms with Gasteiger partial charge in [-0.05, 0) is 50.8 Å². The summed E-state index contributed by atoms with van der Waals surface area (Å²) in [6.07, 6.45) is 7.49. The van der Waals surface area contributed by atoms with Crippen LogP contribution in [0.1, 0.15) is 60.8 Å². The van der Waals surface area contributed by atoms with E-state index in [-0.39, 0.29) is 46.3 Å². The van der Waals surface area contributed by atoms with Crippen molar-refractivity contribution in [2.75, 3.05) is 19.9 Å². The highest BCUT2D eigenvalue weighted by molar-refractivity contribution is 6.30. The van der Waals surface area contributed by atoms with Crippen LogP contribution in [-0.4, -0.2) is 49.6 Å². The molecule has 0 spiro atoms. The summed E-state index contributed by atoms with van der Waals surface area (Å²) in [6, 6.07) is 4.88. The highest BCUT2D eigenvalue weighted by Gasteiger charge is 2.31. The SMILES string of the molecule is Cc1nc2nc(C3CCO[C@@H](c4cnn(C5CC5)c4)C3)nc(-c3ccc(Cl)cc3F)c2nc1OCCF. The molecule has 1 aliphatic carbocycles.